The molecule has 0 aliphatic carbocycles. The molecule has 0 aromatic carbocycles. The molecule has 19 heavy (non-hydrogen) atoms. The summed E-state index contributed by atoms with van der Waals surface area (Å²) in [7, 11) is 0. The Labute approximate surface area is 120 Å². The minimum absolute atomic E-state index is 0.0137. The van der Waals surface area contributed by atoms with Crippen LogP contribution in [0.1, 0.15) is 21.1 Å². The molecule has 7 nitrogen and oxygen atoms in total. The number of aromatic amines is 1. The average Bonchev–Trinajstić information content (AvgIpc) is 2.71. The lowest BCUT2D eigenvalue weighted by Crippen LogP contribution is -2.18. The van der Waals surface area contributed by atoms with Gasteiger partial charge in [0.1, 0.15) is 15.6 Å². The molecule has 2 N–H and O–H groups in total. The molecule has 2 rings (SSSR count). The Morgan fingerprint density at radius 1 is 1.53 bits per heavy atom. The number of aryl methyl sites for hydroxylation is 1. The van der Waals surface area contributed by atoms with Gasteiger partial charge in [-0.25, -0.2) is 9.59 Å². The van der Waals surface area contributed by atoms with Crippen molar-refractivity contribution < 1.29 is 9.90 Å². The number of hydrogen-bond donors (Lipinski definition) is 2. The van der Waals surface area contributed by atoms with Crippen molar-refractivity contribution in [2.45, 2.75) is 17.7 Å². The monoisotopic (exact) mass is 318 g/mol. The summed E-state index contributed by atoms with van der Waals surface area (Å²) in [6, 6.07) is 0. The van der Waals surface area contributed by atoms with Gasteiger partial charge in [0.05, 0.1) is 5.75 Å². The van der Waals surface area contributed by atoms with Crippen molar-refractivity contribution in [3.05, 3.63) is 31.2 Å². The van der Waals surface area contributed by atoms with Gasteiger partial charge in [-0.05, 0) is 18.5 Å². The molecule has 0 radical (unpaired) electrons. The summed E-state index contributed by atoms with van der Waals surface area (Å²) in [5.74, 6) is -0.792. The fraction of sp³-hybridized carbons (Fsp3) is 0.222. The van der Waals surface area contributed by atoms with Gasteiger partial charge in [0.15, 0.2) is 0 Å². The average molecular weight is 319 g/mol. The predicted octanol–water partition coefficient (Wildman–Crippen LogP) is 1.57. The maximum atomic E-state index is 11.3. The van der Waals surface area contributed by atoms with Crippen LogP contribution < -0.4 is 5.69 Å². The zero-order valence-electron chi connectivity index (χ0n) is 9.51. The van der Waals surface area contributed by atoms with Gasteiger partial charge in [-0.3, -0.25) is 0 Å². The minimum Gasteiger partial charge on any atom is -0.478 e. The molecule has 2 heterocycles. The van der Waals surface area contributed by atoms with E-state index in [9.17, 15) is 9.59 Å². The number of carboxylic acid groups (broad SMARTS) is 1. The third-order valence-electron chi connectivity index (χ3n) is 2.07. The minimum atomic E-state index is -1.14. The van der Waals surface area contributed by atoms with Gasteiger partial charge in [0.25, 0.3) is 0 Å². The Morgan fingerprint density at radius 2 is 2.26 bits per heavy atom. The zero-order chi connectivity index (χ0) is 14.0. The summed E-state index contributed by atoms with van der Waals surface area (Å²) >= 11 is 7.94. The van der Waals surface area contributed by atoms with Gasteiger partial charge in [0.2, 0.25) is 4.47 Å². The van der Waals surface area contributed by atoms with Gasteiger partial charge < -0.3 is 10.1 Å². The topological polar surface area (TPSA) is 109 Å². The third-order valence-corrected chi connectivity index (χ3v) is 4.26. The van der Waals surface area contributed by atoms with E-state index in [0.717, 1.165) is 11.8 Å². The lowest BCUT2D eigenvalue weighted by Gasteiger charge is -2.05. The van der Waals surface area contributed by atoms with Crippen LogP contribution in [0.2, 0.25) is 4.47 Å². The Morgan fingerprint density at radius 3 is 2.84 bits per heavy atom. The number of halogens is 1. The molecule has 100 valence electrons. The number of aromatic nitrogens is 4. The molecule has 0 bridgehead atoms. The lowest BCUT2D eigenvalue weighted by atomic mass is 10.2. The summed E-state index contributed by atoms with van der Waals surface area (Å²) in [5.41, 5.74) is -0.328. The Kier molecular flexibility index (Phi) is 4.17. The van der Waals surface area contributed by atoms with E-state index < -0.39 is 11.7 Å². The van der Waals surface area contributed by atoms with E-state index in [0.29, 0.717) is 15.2 Å². The van der Waals surface area contributed by atoms with Gasteiger partial charge in [-0.1, -0.05) is 23.1 Å². The van der Waals surface area contributed by atoms with Crippen LogP contribution in [0.3, 0.4) is 0 Å². The second kappa shape index (κ2) is 5.68. The molecule has 0 atom stereocenters. The van der Waals surface area contributed by atoms with E-state index in [-0.39, 0.29) is 16.3 Å². The van der Waals surface area contributed by atoms with E-state index in [1.807, 2.05) is 0 Å². The highest BCUT2D eigenvalue weighted by Gasteiger charge is 2.17. The number of aromatic carboxylic acids is 1. The number of carbonyl (C=O) groups is 1. The molecule has 0 amide bonds. The summed E-state index contributed by atoms with van der Waals surface area (Å²) < 4.78 is 0.309. The first-order chi connectivity index (χ1) is 8.97. The normalized spacial score (nSPS) is 10.6. The first-order valence-corrected chi connectivity index (χ1v) is 7.10. The van der Waals surface area contributed by atoms with Crippen molar-refractivity contribution >= 4 is 40.7 Å². The number of nitrogens with zero attached hydrogens (tertiary/aromatic N) is 3. The van der Waals surface area contributed by atoms with Gasteiger partial charge in [0, 0.05) is 5.69 Å². The highest BCUT2D eigenvalue weighted by atomic mass is 35.5. The first kappa shape index (κ1) is 14.0. The van der Waals surface area contributed by atoms with Crippen LogP contribution in [0.4, 0.5) is 0 Å². The zero-order valence-corrected chi connectivity index (χ0v) is 11.9. The van der Waals surface area contributed by atoms with Crippen molar-refractivity contribution in [1.29, 1.82) is 0 Å². The van der Waals surface area contributed by atoms with Crippen LogP contribution in [0, 0.1) is 6.92 Å². The highest BCUT2D eigenvalue weighted by molar-refractivity contribution is 7.98. The summed E-state index contributed by atoms with van der Waals surface area (Å²) in [6.45, 7) is 1.51. The fourth-order valence-electron chi connectivity index (χ4n) is 1.34. The molecular weight excluding hydrogens is 312 g/mol. The summed E-state index contributed by atoms with van der Waals surface area (Å²) in [4.78, 5) is 28.5. The first-order valence-electron chi connectivity index (χ1n) is 4.92. The largest absolute Gasteiger partial charge is 0.478 e. The molecule has 2 aromatic rings. The van der Waals surface area contributed by atoms with Crippen molar-refractivity contribution in [2.75, 3.05) is 0 Å². The molecule has 10 heteroatoms. The summed E-state index contributed by atoms with van der Waals surface area (Å²) in [5, 5.41) is 17.3. The fourth-order valence-corrected chi connectivity index (χ4v) is 3.26. The number of rotatable bonds is 4. The molecule has 0 unspecified atom stereocenters. The van der Waals surface area contributed by atoms with Crippen molar-refractivity contribution in [3.63, 3.8) is 0 Å². The smallest absolute Gasteiger partial charge is 0.346 e. The van der Waals surface area contributed by atoms with Crippen LogP contribution in [0.15, 0.2) is 9.82 Å². The van der Waals surface area contributed by atoms with Crippen molar-refractivity contribution in [1.82, 2.24) is 20.2 Å². The van der Waals surface area contributed by atoms with E-state index >= 15 is 0 Å². The van der Waals surface area contributed by atoms with E-state index in [2.05, 4.69) is 20.2 Å². The van der Waals surface area contributed by atoms with Crippen molar-refractivity contribution in [3.8, 4) is 0 Å². The maximum absolute atomic E-state index is 11.3. The molecule has 0 aliphatic heterocycles. The third kappa shape index (κ3) is 3.31. The molecule has 2 aromatic heterocycles. The highest BCUT2D eigenvalue weighted by Crippen LogP contribution is 2.27. The van der Waals surface area contributed by atoms with E-state index in [4.69, 9.17) is 16.7 Å². The molecule has 0 saturated carbocycles. The number of carboxylic acids is 1. The number of hydrogen-bond acceptors (Lipinski definition) is 7. The van der Waals surface area contributed by atoms with Gasteiger partial charge >= 0.3 is 11.7 Å². The molecule has 0 aliphatic rings. The van der Waals surface area contributed by atoms with Crippen LogP contribution >= 0.6 is 34.7 Å². The SMILES string of the molecule is Cc1[nH]c(=O)nc(SCc2nnc(Cl)s2)c1C(=O)O. The van der Waals surface area contributed by atoms with Gasteiger partial charge in [-0.15, -0.1) is 10.2 Å². The van der Waals surface area contributed by atoms with E-state index in [1.165, 1.54) is 18.3 Å². The van der Waals surface area contributed by atoms with E-state index in [1.54, 1.807) is 0 Å². The summed E-state index contributed by atoms with van der Waals surface area (Å²) in [6.07, 6.45) is 0. The number of H-pyrrole nitrogens is 1. The van der Waals surface area contributed by atoms with Crippen LogP contribution in [0.25, 0.3) is 0 Å². The molecular formula is C9H7ClN4O3S2. The van der Waals surface area contributed by atoms with Crippen LogP contribution in [-0.2, 0) is 5.75 Å². The lowest BCUT2D eigenvalue weighted by molar-refractivity contribution is 0.0690. The number of thioether (sulfide) groups is 1. The maximum Gasteiger partial charge on any atom is 0.346 e. The van der Waals surface area contributed by atoms with Gasteiger partial charge in [-0.2, -0.15) is 4.98 Å². The quantitative estimate of drug-likeness (QED) is 0.650. The second-order valence-corrected chi connectivity index (χ2v) is 6.00. The van der Waals surface area contributed by atoms with Crippen LogP contribution in [-0.4, -0.2) is 31.2 Å². The molecule has 0 fully saturated rings. The van der Waals surface area contributed by atoms with Crippen molar-refractivity contribution in [2.24, 2.45) is 0 Å². The Bertz CT molecular complexity index is 684. The Hall–Kier alpha value is -1.45. The molecule has 0 spiro atoms. The predicted molar refractivity (Wildman–Crippen MR) is 71.0 cm³/mol. The van der Waals surface area contributed by atoms with Crippen LogP contribution in [0.5, 0.6) is 0 Å². The standard InChI is InChI=1S/C9H7ClN4O3S2/c1-3-5(7(15)16)6(12-9(17)11-3)18-2-4-13-14-8(10)19-4/h2H2,1H3,(H,15,16)(H,11,12,17). The second-order valence-electron chi connectivity index (χ2n) is 3.39. The molecule has 0 saturated heterocycles. The number of nitrogens with one attached hydrogen (secondary N) is 1. The Balaban J connectivity index is 2.28.